The molecular weight excluding hydrogens is 339 g/mol. The largest absolute Gasteiger partial charge is 0.494 e. The maximum atomic E-state index is 13.0. The van der Waals surface area contributed by atoms with Gasteiger partial charge in [-0.1, -0.05) is 12.1 Å². The van der Waals surface area contributed by atoms with Crippen LogP contribution in [0.4, 0.5) is 10.1 Å². The Morgan fingerprint density at radius 1 is 1.16 bits per heavy atom. The van der Waals surface area contributed by atoms with Gasteiger partial charge in [-0.15, -0.1) is 0 Å². The number of aliphatic imine (C=N–C) groups is 1. The molecular formula is C19H17FN2O2S. The van der Waals surface area contributed by atoms with Crippen molar-refractivity contribution in [3.8, 4) is 5.75 Å². The first-order chi connectivity index (χ1) is 12.1. The standard InChI is InChI=1S/C19H17FN2O2S/c1-3-24-16-10-4-13(5-11-16)12-17-18(23)22(2)19(25-17)21-15-8-6-14(20)7-9-15/h4-12H,3H2,1-2H3/b17-12+,21-19?. The summed E-state index contributed by atoms with van der Waals surface area (Å²) in [5.74, 6) is 0.369. The monoisotopic (exact) mass is 356 g/mol. The van der Waals surface area contributed by atoms with Gasteiger partial charge in [0.1, 0.15) is 11.6 Å². The summed E-state index contributed by atoms with van der Waals surface area (Å²) in [7, 11) is 1.68. The lowest BCUT2D eigenvalue weighted by atomic mass is 10.2. The average Bonchev–Trinajstić information content (AvgIpc) is 2.87. The van der Waals surface area contributed by atoms with Crippen LogP contribution in [-0.4, -0.2) is 29.6 Å². The van der Waals surface area contributed by atoms with Crippen LogP contribution in [-0.2, 0) is 4.79 Å². The first kappa shape index (κ1) is 17.2. The lowest BCUT2D eigenvalue weighted by molar-refractivity contribution is -0.121. The zero-order valence-electron chi connectivity index (χ0n) is 13.9. The summed E-state index contributed by atoms with van der Waals surface area (Å²) in [6.45, 7) is 2.55. The number of thioether (sulfide) groups is 1. The van der Waals surface area contributed by atoms with Gasteiger partial charge in [0.25, 0.3) is 5.91 Å². The summed E-state index contributed by atoms with van der Waals surface area (Å²) in [6.07, 6.45) is 1.83. The highest BCUT2D eigenvalue weighted by Gasteiger charge is 2.30. The Balaban J connectivity index is 1.81. The van der Waals surface area contributed by atoms with Gasteiger partial charge in [0.15, 0.2) is 5.17 Å². The molecule has 0 N–H and O–H groups in total. The minimum absolute atomic E-state index is 0.111. The number of rotatable bonds is 4. The van der Waals surface area contributed by atoms with E-state index in [2.05, 4.69) is 4.99 Å². The molecule has 0 bridgehead atoms. The van der Waals surface area contributed by atoms with Crippen LogP contribution < -0.4 is 4.74 Å². The Bertz CT molecular complexity index is 830. The van der Waals surface area contributed by atoms with E-state index in [4.69, 9.17) is 4.74 Å². The molecule has 2 aromatic rings. The molecule has 0 spiro atoms. The van der Waals surface area contributed by atoms with Crippen LogP contribution in [0.1, 0.15) is 12.5 Å². The molecule has 0 atom stereocenters. The Labute approximate surface area is 150 Å². The summed E-state index contributed by atoms with van der Waals surface area (Å²) < 4.78 is 18.4. The number of hydrogen-bond donors (Lipinski definition) is 0. The van der Waals surface area contributed by atoms with Crippen LogP contribution >= 0.6 is 11.8 Å². The van der Waals surface area contributed by atoms with E-state index >= 15 is 0 Å². The third kappa shape index (κ3) is 4.09. The molecule has 0 unspecified atom stereocenters. The van der Waals surface area contributed by atoms with E-state index in [1.165, 1.54) is 28.8 Å². The van der Waals surface area contributed by atoms with Crippen molar-refractivity contribution in [1.82, 2.24) is 4.90 Å². The van der Waals surface area contributed by atoms with E-state index in [0.717, 1.165) is 11.3 Å². The van der Waals surface area contributed by atoms with E-state index < -0.39 is 0 Å². The van der Waals surface area contributed by atoms with E-state index in [9.17, 15) is 9.18 Å². The molecule has 25 heavy (non-hydrogen) atoms. The van der Waals surface area contributed by atoms with E-state index in [1.54, 1.807) is 19.2 Å². The SMILES string of the molecule is CCOc1ccc(/C=C2/SC(=Nc3ccc(F)cc3)N(C)C2=O)cc1. The second-order valence-corrected chi connectivity index (χ2v) is 6.36. The van der Waals surface area contributed by atoms with Crippen LogP contribution in [0.2, 0.25) is 0 Å². The third-order valence-electron chi connectivity index (χ3n) is 3.54. The molecule has 2 aromatic carbocycles. The number of halogens is 1. The van der Waals surface area contributed by atoms with Crippen molar-refractivity contribution in [2.75, 3.05) is 13.7 Å². The normalized spacial score (nSPS) is 17.6. The zero-order valence-corrected chi connectivity index (χ0v) is 14.7. The van der Waals surface area contributed by atoms with Crippen molar-refractivity contribution < 1.29 is 13.9 Å². The second-order valence-electron chi connectivity index (χ2n) is 5.35. The van der Waals surface area contributed by atoms with E-state index in [-0.39, 0.29) is 11.7 Å². The highest BCUT2D eigenvalue weighted by molar-refractivity contribution is 8.18. The molecule has 3 rings (SSSR count). The van der Waals surface area contributed by atoms with Gasteiger partial charge in [-0.25, -0.2) is 9.38 Å². The van der Waals surface area contributed by atoms with Gasteiger partial charge in [0, 0.05) is 7.05 Å². The number of likely N-dealkylation sites (N-methyl/N-ethyl adjacent to an activating group) is 1. The quantitative estimate of drug-likeness (QED) is 0.760. The predicted octanol–water partition coefficient (Wildman–Crippen LogP) is 4.46. The van der Waals surface area contributed by atoms with Crippen molar-refractivity contribution in [2.45, 2.75) is 6.92 Å². The van der Waals surface area contributed by atoms with Crippen LogP contribution in [0.15, 0.2) is 58.4 Å². The van der Waals surface area contributed by atoms with Crippen LogP contribution in [0, 0.1) is 5.82 Å². The van der Waals surface area contributed by atoms with Crippen molar-refractivity contribution in [3.63, 3.8) is 0 Å². The van der Waals surface area contributed by atoms with Gasteiger partial charge < -0.3 is 4.74 Å². The molecule has 0 saturated carbocycles. The number of ether oxygens (including phenoxy) is 1. The average molecular weight is 356 g/mol. The van der Waals surface area contributed by atoms with Gasteiger partial charge in [-0.2, -0.15) is 0 Å². The molecule has 1 heterocycles. The zero-order chi connectivity index (χ0) is 17.8. The fraction of sp³-hybridized carbons (Fsp3) is 0.158. The highest BCUT2D eigenvalue weighted by Crippen LogP contribution is 2.33. The molecule has 1 aliphatic heterocycles. The Morgan fingerprint density at radius 3 is 2.48 bits per heavy atom. The lowest BCUT2D eigenvalue weighted by Gasteiger charge is -2.07. The second kappa shape index (κ2) is 7.53. The minimum atomic E-state index is -0.316. The number of carbonyl (C=O) groups is 1. The van der Waals surface area contributed by atoms with Crippen LogP contribution in [0.5, 0.6) is 5.75 Å². The highest BCUT2D eigenvalue weighted by atomic mass is 32.2. The maximum absolute atomic E-state index is 13.0. The number of nitrogens with zero attached hydrogens (tertiary/aromatic N) is 2. The van der Waals surface area contributed by atoms with Crippen molar-refractivity contribution >= 4 is 34.6 Å². The predicted molar refractivity (Wildman–Crippen MR) is 99.4 cm³/mol. The Kier molecular flexibility index (Phi) is 5.19. The molecule has 0 aliphatic carbocycles. The molecule has 0 radical (unpaired) electrons. The van der Waals surface area contributed by atoms with Crippen molar-refractivity contribution in [1.29, 1.82) is 0 Å². The summed E-state index contributed by atoms with van der Waals surface area (Å²) in [4.78, 5) is 18.9. The summed E-state index contributed by atoms with van der Waals surface area (Å²) in [5.41, 5.74) is 1.52. The molecule has 4 nitrogen and oxygen atoms in total. The van der Waals surface area contributed by atoms with E-state index in [1.807, 2.05) is 37.3 Å². The molecule has 1 amide bonds. The van der Waals surface area contributed by atoms with Gasteiger partial charge in [-0.3, -0.25) is 9.69 Å². The topological polar surface area (TPSA) is 41.9 Å². The first-order valence-corrected chi connectivity index (χ1v) is 8.63. The smallest absolute Gasteiger partial charge is 0.266 e. The first-order valence-electron chi connectivity index (χ1n) is 7.81. The number of amides is 1. The third-order valence-corrected chi connectivity index (χ3v) is 4.60. The van der Waals surface area contributed by atoms with Gasteiger partial charge in [0.2, 0.25) is 0 Å². The van der Waals surface area contributed by atoms with Gasteiger partial charge in [-0.05, 0) is 66.7 Å². The molecule has 128 valence electrons. The summed E-state index contributed by atoms with van der Waals surface area (Å²) in [5, 5.41) is 0.564. The number of benzene rings is 2. The fourth-order valence-corrected chi connectivity index (χ4v) is 3.24. The number of carbonyl (C=O) groups excluding carboxylic acids is 1. The van der Waals surface area contributed by atoms with Gasteiger partial charge in [0.05, 0.1) is 17.2 Å². The maximum Gasteiger partial charge on any atom is 0.266 e. The molecule has 1 aliphatic rings. The minimum Gasteiger partial charge on any atom is -0.494 e. The molecule has 1 fully saturated rings. The van der Waals surface area contributed by atoms with E-state index in [0.29, 0.717) is 22.4 Å². The number of hydrogen-bond acceptors (Lipinski definition) is 4. The molecule has 6 heteroatoms. The van der Waals surface area contributed by atoms with Crippen molar-refractivity contribution in [3.05, 3.63) is 64.8 Å². The Hall–Kier alpha value is -2.60. The van der Waals surface area contributed by atoms with Gasteiger partial charge >= 0.3 is 0 Å². The summed E-state index contributed by atoms with van der Waals surface area (Å²) >= 11 is 1.30. The lowest BCUT2D eigenvalue weighted by Crippen LogP contribution is -2.23. The molecule has 0 aromatic heterocycles. The Morgan fingerprint density at radius 2 is 1.84 bits per heavy atom. The van der Waals surface area contributed by atoms with Crippen LogP contribution in [0.25, 0.3) is 6.08 Å². The number of amidine groups is 1. The summed E-state index contributed by atoms with van der Waals surface area (Å²) in [6, 6.07) is 13.4. The van der Waals surface area contributed by atoms with Crippen molar-refractivity contribution in [2.24, 2.45) is 4.99 Å². The van der Waals surface area contributed by atoms with Crippen LogP contribution in [0.3, 0.4) is 0 Å². The molecule has 1 saturated heterocycles. The fourth-order valence-electron chi connectivity index (χ4n) is 2.26.